The van der Waals surface area contributed by atoms with E-state index in [1.807, 2.05) is 91.9 Å². The van der Waals surface area contributed by atoms with E-state index in [1.165, 1.54) is 0 Å². The zero-order valence-electron chi connectivity index (χ0n) is 33.3. The van der Waals surface area contributed by atoms with Gasteiger partial charge in [-0.2, -0.15) is 10.1 Å². The summed E-state index contributed by atoms with van der Waals surface area (Å²) < 4.78 is 35.6. The molecule has 0 bridgehead atoms. The third-order valence-corrected chi connectivity index (χ3v) is 8.86. The summed E-state index contributed by atoms with van der Waals surface area (Å²) >= 11 is 0. The molecule has 298 valence electrons. The zero-order valence-corrected chi connectivity index (χ0v) is 33.3. The predicted molar refractivity (Wildman–Crippen MR) is 221 cm³/mol. The van der Waals surface area contributed by atoms with Crippen LogP contribution in [-0.2, 0) is 26.0 Å². The number of aryl methyl sites for hydroxylation is 1. The number of hydrogen-bond acceptors (Lipinski definition) is 10. The predicted octanol–water partition coefficient (Wildman–Crippen LogP) is 8.52. The summed E-state index contributed by atoms with van der Waals surface area (Å²) in [5.74, 6) is 3.38. The van der Waals surface area contributed by atoms with E-state index in [2.05, 4.69) is 36.4 Å². The fraction of sp³-hybridized carbons (Fsp3) is 0.318. The van der Waals surface area contributed by atoms with Gasteiger partial charge in [0.1, 0.15) is 35.5 Å². The molecule has 2 heterocycles. The Morgan fingerprint density at radius 3 is 2.23 bits per heavy atom. The number of hydrogen-bond donors (Lipinski definition) is 2. The number of anilines is 2. The summed E-state index contributed by atoms with van der Waals surface area (Å²) in [6.07, 6.45) is 2.08. The zero-order chi connectivity index (χ0) is 40.2. The number of nitrogens with zero attached hydrogens (tertiary/aromatic N) is 4. The minimum absolute atomic E-state index is 0.218. The molecule has 0 radical (unpaired) electrons. The van der Waals surface area contributed by atoms with Crippen LogP contribution in [0, 0.1) is 6.92 Å². The van der Waals surface area contributed by atoms with E-state index >= 15 is 0 Å². The van der Waals surface area contributed by atoms with E-state index in [-0.39, 0.29) is 5.41 Å². The second-order valence-electron chi connectivity index (χ2n) is 14.3. The van der Waals surface area contributed by atoms with Crippen LogP contribution < -0.4 is 24.8 Å². The van der Waals surface area contributed by atoms with E-state index < -0.39 is 6.03 Å². The summed E-state index contributed by atoms with van der Waals surface area (Å²) in [5.41, 5.74) is 4.15. The lowest BCUT2D eigenvalue weighted by Crippen LogP contribution is -2.21. The van der Waals surface area contributed by atoms with Crippen molar-refractivity contribution in [2.75, 3.05) is 64.5 Å². The number of amides is 2. The number of nitrogens with one attached hydrogen (secondary N) is 2. The third kappa shape index (κ3) is 11.3. The lowest BCUT2D eigenvalue weighted by Gasteiger charge is -2.14. The van der Waals surface area contributed by atoms with Crippen LogP contribution in [0.3, 0.4) is 0 Å². The van der Waals surface area contributed by atoms with Crippen molar-refractivity contribution in [3.8, 4) is 28.8 Å². The fourth-order valence-electron chi connectivity index (χ4n) is 5.89. The smallest absolute Gasteiger partial charge is 0.324 e. The van der Waals surface area contributed by atoms with Crippen LogP contribution in [0.15, 0.2) is 97.2 Å². The molecule has 0 aliphatic rings. The van der Waals surface area contributed by atoms with Crippen LogP contribution in [-0.4, -0.2) is 79.6 Å². The van der Waals surface area contributed by atoms with Crippen molar-refractivity contribution < 1.29 is 33.2 Å². The normalized spacial score (nSPS) is 11.4. The second kappa shape index (κ2) is 19.2. The summed E-state index contributed by atoms with van der Waals surface area (Å²) in [7, 11) is 3.25. The maximum atomic E-state index is 13.5. The molecule has 0 aliphatic carbocycles. The summed E-state index contributed by atoms with van der Waals surface area (Å²) in [5, 5.41) is 12.5. The Morgan fingerprint density at radius 1 is 0.772 bits per heavy atom. The second-order valence-corrected chi connectivity index (χ2v) is 14.3. The Bertz CT molecular complexity index is 2250. The monoisotopic (exact) mass is 774 g/mol. The number of ether oxygens (including phenoxy) is 6. The first-order chi connectivity index (χ1) is 27.6. The molecule has 0 spiro atoms. The number of benzene rings is 4. The molecule has 13 heteroatoms. The van der Waals surface area contributed by atoms with E-state index in [1.54, 1.807) is 31.2 Å². The number of aromatic nitrogens is 4. The van der Waals surface area contributed by atoms with Crippen molar-refractivity contribution >= 4 is 28.3 Å². The van der Waals surface area contributed by atoms with Crippen LogP contribution in [0.4, 0.5) is 16.3 Å². The highest BCUT2D eigenvalue weighted by Crippen LogP contribution is 2.35. The SMILES string of the molecule is COCCOCCOCCOc1cc(Cc2nccc(Oc3ccc(NC(=O)Nc4cc(C(C)(C)C)nn4-c4ccc(C)cc4)c4ccccc34)n2)cc(OC)c1. The van der Waals surface area contributed by atoms with E-state index in [0.29, 0.717) is 86.5 Å². The molecule has 2 N–H and O–H groups in total. The van der Waals surface area contributed by atoms with Crippen LogP contribution in [0.25, 0.3) is 16.5 Å². The first-order valence-electron chi connectivity index (χ1n) is 18.8. The maximum absolute atomic E-state index is 13.5. The minimum atomic E-state index is -0.401. The summed E-state index contributed by atoms with van der Waals surface area (Å²) in [6, 6.07) is 28.3. The molecule has 0 aliphatic heterocycles. The molecule has 6 rings (SSSR count). The van der Waals surface area contributed by atoms with Gasteiger partial charge >= 0.3 is 6.03 Å². The number of urea groups is 1. The molecule has 0 fully saturated rings. The standard InChI is InChI=1S/C44H50N6O7/c1-30-11-13-32(14-12-30)50-41(29-39(49-50)44(2,3)4)48-43(51)46-37-15-16-38(36-10-8-7-9-35(36)37)57-42-17-18-45-40(47-42)27-31-25-33(53-6)28-34(26-31)56-24-23-55-22-21-54-20-19-52-5/h7-18,25-26,28-29H,19-24,27H2,1-6H3,(H2,46,48,51). The minimum Gasteiger partial charge on any atom is -0.497 e. The molecule has 2 aromatic heterocycles. The molecular formula is C44H50N6O7. The quantitative estimate of drug-likeness (QED) is 0.0817. The van der Waals surface area contributed by atoms with Crippen molar-refractivity contribution in [1.82, 2.24) is 19.7 Å². The van der Waals surface area contributed by atoms with Gasteiger partial charge in [0.25, 0.3) is 0 Å². The summed E-state index contributed by atoms with van der Waals surface area (Å²) in [4.78, 5) is 22.7. The first kappa shape index (κ1) is 40.6. The maximum Gasteiger partial charge on any atom is 0.324 e. The molecule has 0 atom stereocenters. The third-order valence-electron chi connectivity index (χ3n) is 8.86. The molecular weight excluding hydrogens is 725 g/mol. The van der Waals surface area contributed by atoms with Crippen molar-refractivity contribution in [2.24, 2.45) is 0 Å². The highest BCUT2D eigenvalue weighted by molar-refractivity contribution is 6.07. The van der Waals surface area contributed by atoms with E-state index in [0.717, 1.165) is 33.3 Å². The van der Waals surface area contributed by atoms with Crippen molar-refractivity contribution in [1.29, 1.82) is 0 Å². The molecule has 13 nitrogen and oxygen atoms in total. The van der Waals surface area contributed by atoms with Crippen molar-refractivity contribution in [2.45, 2.75) is 39.5 Å². The average Bonchev–Trinajstić information content (AvgIpc) is 3.63. The van der Waals surface area contributed by atoms with Gasteiger partial charge in [-0.05, 0) is 48.9 Å². The van der Waals surface area contributed by atoms with Gasteiger partial charge in [0.05, 0.1) is 57.2 Å². The first-order valence-corrected chi connectivity index (χ1v) is 18.8. The molecule has 0 saturated carbocycles. The van der Waals surface area contributed by atoms with E-state index in [4.69, 9.17) is 38.5 Å². The van der Waals surface area contributed by atoms with Gasteiger partial charge in [-0.15, -0.1) is 0 Å². The molecule has 0 unspecified atom stereocenters. The molecule has 2 amide bonds. The Balaban J connectivity index is 1.12. The van der Waals surface area contributed by atoms with Crippen LogP contribution in [0.2, 0.25) is 0 Å². The Kier molecular flexibility index (Phi) is 13.7. The fourth-order valence-corrected chi connectivity index (χ4v) is 5.89. The lowest BCUT2D eigenvalue weighted by atomic mass is 9.92. The van der Waals surface area contributed by atoms with Crippen LogP contribution in [0.1, 0.15) is 43.4 Å². The number of carbonyl (C=O) groups is 1. The van der Waals surface area contributed by atoms with Crippen LogP contribution >= 0.6 is 0 Å². The Morgan fingerprint density at radius 2 is 1.49 bits per heavy atom. The van der Waals surface area contributed by atoms with Gasteiger partial charge < -0.3 is 33.7 Å². The summed E-state index contributed by atoms with van der Waals surface area (Å²) in [6.45, 7) is 11.2. The number of carbonyl (C=O) groups excluding carboxylic acids is 1. The van der Waals surface area contributed by atoms with Gasteiger partial charge in [-0.1, -0.05) is 62.7 Å². The van der Waals surface area contributed by atoms with Gasteiger partial charge in [0.15, 0.2) is 0 Å². The van der Waals surface area contributed by atoms with Crippen molar-refractivity contribution in [3.63, 3.8) is 0 Å². The highest BCUT2D eigenvalue weighted by atomic mass is 16.6. The molecule has 57 heavy (non-hydrogen) atoms. The van der Waals surface area contributed by atoms with Crippen LogP contribution in [0.5, 0.6) is 23.1 Å². The van der Waals surface area contributed by atoms with Gasteiger partial charge in [0.2, 0.25) is 5.88 Å². The van der Waals surface area contributed by atoms with Gasteiger partial charge in [0, 0.05) is 54.1 Å². The van der Waals surface area contributed by atoms with Crippen molar-refractivity contribution in [3.05, 3.63) is 120 Å². The molecule has 0 saturated heterocycles. The Labute approximate surface area is 333 Å². The average molecular weight is 775 g/mol. The Hall–Kier alpha value is -6.02. The number of fused-ring (bicyclic) bond motifs is 1. The largest absolute Gasteiger partial charge is 0.497 e. The number of methoxy groups -OCH3 is 2. The topological polar surface area (TPSA) is 140 Å². The molecule has 4 aromatic carbocycles. The highest BCUT2D eigenvalue weighted by Gasteiger charge is 2.22. The molecule has 6 aromatic rings. The number of rotatable bonds is 18. The van der Waals surface area contributed by atoms with Gasteiger partial charge in [-0.3, -0.25) is 5.32 Å². The van der Waals surface area contributed by atoms with Gasteiger partial charge in [-0.25, -0.2) is 14.5 Å². The van der Waals surface area contributed by atoms with E-state index in [9.17, 15) is 4.79 Å². The lowest BCUT2D eigenvalue weighted by molar-refractivity contribution is 0.0179.